The molecule has 2 saturated heterocycles. The molecule has 3 atom stereocenters. The summed E-state index contributed by atoms with van der Waals surface area (Å²) in [7, 11) is 0. The van der Waals surface area contributed by atoms with E-state index in [1.165, 1.54) is 5.56 Å². The zero-order chi connectivity index (χ0) is 16.5. The monoisotopic (exact) mass is 324 g/mol. The van der Waals surface area contributed by atoms with Crippen LogP contribution in [0.5, 0.6) is 0 Å². The number of hydrogen-bond donors (Lipinski definition) is 1. The fourth-order valence-corrected chi connectivity index (χ4v) is 4.39. The molecule has 2 heterocycles. The number of likely N-dealkylation sites (tertiary alicyclic amines) is 2. The predicted molar refractivity (Wildman–Crippen MR) is 90.8 cm³/mol. The summed E-state index contributed by atoms with van der Waals surface area (Å²) >= 11 is 0. The number of carbonyl (C=O) groups is 1. The topological polar surface area (TPSA) is 59.4 Å². The molecule has 3 aliphatic rings. The van der Waals surface area contributed by atoms with Crippen LogP contribution >= 0.6 is 0 Å². The predicted octanol–water partition coefficient (Wildman–Crippen LogP) is 1.22. The molecule has 0 spiro atoms. The molecule has 0 radical (unpaired) electrons. The smallest absolute Gasteiger partial charge is 0.237 e. The van der Waals surface area contributed by atoms with E-state index < -0.39 is 0 Å². The zero-order valence-corrected chi connectivity index (χ0v) is 13.9. The molecule has 5 nitrogen and oxygen atoms in total. The van der Waals surface area contributed by atoms with Crippen molar-refractivity contribution < 1.29 is 4.79 Å². The summed E-state index contributed by atoms with van der Waals surface area (Å²) in [5.41, 5.74) is 1.37. The largest absolute Gasteiger partial charge is 0.326 e. The van der Waals surface area contributed by atoms with E-state index in [2.05, 4.69) is 46.6 Å². The molecule has 4 rings (SSSR count). The van der Waals surface area contributed by atoms with E-state index in [-0.39, 0.29) is 11.9 Å². The Kier molecular flexibility index (Phi) is 4.26. The van der Waals surface area contributed by atoms with Crippen LogP contribution in [0.2, 0.25) is 0 Å². The number of carbonyl (C=O) groups excluding carboxylic acids is 1. The lowest BCUT2D eigenvalue weighted by Gasteiger charge is -2.22. The van der Waals surface area contributed by atoms with Crippen molar-refractivity contribution in [3.8, 4) is 6.07 Å². The van der Waals surface area contributed by atoms with E-state index >= 15 is 0 Å². The molecule has 1 saturated carbocycles. The van der Waals surface area contributed by atoms with Gasteiger partial charge in [-0.1, -0.05) is 30.3 Å². The van der Waals surface area contributed by atoms with Crippen molar-refractivity contribution in [1.29, 1.82) is 5.26 Å². The van der Waals surface area contributed by atoms with Crippen molar-refractivity contribution in [2.45, 2.75) is 31.5 Å². The number of nitrogens with one attached hydrogen (secondary N) is 1. The first-order valence-electron chi connectivity index (χ1n) is 8.95. The minimum Gasteiger partial charge on any atom is -0.326 e. The summed E-state index contributed by atoms with van der Waals surface area (Å²) < 4.78 is 0. The van der Waals surface area contributed by atoms with Gasteiger partial charge < -0.3 is 10.2 Å². The van der Waals surface area contributed by atoms with E-state index in [1.54, 1.807) is 4.90 Å². The number of hydrogen-bond acceptors (Lipinski definition) is 4. The number of fused-ring (bicyclic) bond motifs is 1. The van der Waals surface area contributed by atoms with E-state index in [9.17, 15) is 4.79 Å². The first-order chi connectivity index (χ1) is 11.8. The molecule has 3 fully saturated rings. The maximum absolute atomic E-state index is 12.3. The molecular formula is C19H24N4O. The molecule has 1 N–H and O–H groups in total. The highest BCUT2D eigenvalue weighted by Crippen LogP contribution is 2.45. The van der Waals surface area contributed by atoms with Crippen molar-refractivity contribution in [1.82, 2.24) is 15.1 Å². The van der Waals surface area contributed by atoms with Crippen LogP contribution in [0, 0.1) is 23.2 Å². The van der Waals surface area contributed by atoms with Crippen LogP contribution in [0.15, 0.2) is 30.3 Å². The summed E-state index contributed by atoms with van der Waals surface area (Å²) in [5, 5.41) is 12.5. The maximum Gasteiger partial charge on any atom is 0.237 e. The van der Waals surface area contributed by atoms with Gasteiger partial charge >= 0.3 is 0 Å². The van der Waals surface area contributed by atoms with Crippen LogP contribution in [0.4, 0.5) is 0 Å². The van der Waals surface area contributed by atoms with Gasteiger partial charge in [-0.25, -0.2) is 0 Å². The van der Waals surface area contributed by atoms with Crippen LogP contribution in [-0.2, 0) is 11.3 Å². The van der Waals surface area contributed by atoms with Crippen molar-refractivity contribution in [3.05, 3.63) is 35.9 Å². The number of piperidine rings is 1. The Morgan fingerprint density at radius 1 is 1.25 bits per heavy atom. The highest BCUT2D eigenvalue weighted by Gasteiger charge is 2.55. The van der Waals surface area contributed by atoms with Crippen LogP contribution in [-0.4, -0.2) is 54.0 Å². The normalized spacial score (nSPS) is 31.7. The van der Waals surface area contributed by atoms with Gasteiger partial charge in [0.05, 0.1) is 12.6 Å². The average Bonchev–Trinajstić information content (AvgIpc) is 2.99. The molecule has 1 aromatic rings. The number of nitrogens with zero attached hydrogens (tertiary/aromatic N) is 3. The van der Waals surface area contributed by atoms with Gasteiger partial charge in [-0.2, -0.15) is 5.26 Å². The molecule has 0 bridgehead atoms. The summed E-state index contributed by atoms with van der Waals surface area (Å²) in [6.07, 6.45) is 1.78. The van der Waals surface area contributed by atoms with Gasteiger partial charge in [0.25, 0.3) is 0 Å². The van der Waals surface area contributed by atoms with Crippen LogP contribution in [0.1, 0.15) is 18.4 Å². The second-order valence-electron chi connectivity index (χ2n) is 7.29. The summed E-state index contributed by atoms with van der Waals surface area (Å²) in [6, 6.07) is 13.1. The van der Waals surface area contributed by atoms with Gasteiger partial charge in [0, 0.05) is 32.2 Å². The SMILES string of the molecule is N#C[C@@H]1CCCN1C(=O)CNC1C2CN(Cc3ccccc3)CC21. The molecular weight excluding hydrogens is 300 g/mol. The first-order valence-corrected chi connectivity index (χ1v) is 8.95. The zero-order valence-electron chi connectivity index (χ0n) is 13.9. The Bertz CT molecular complexity index is 629. The Balaban J connectivity index is 1.20. The third kappa shape index (κ3) is 3.04. The summed E-state index contributed by atoms with van der Waals surface area (Å²) in [5.74, 6) is 1.46. The summed E-state index contributed by atoms with van der Waals surface area (Å²) in [6.45, 7) is 4.39. The molecule has 1 amide bonds. The molecule has 0 aromatic heterocycles. The lowest BCUT2D eigenvalue weighted by atomic mass is 10.2. The highest BCUT2D eigenvalue weighted by atomic mass is 16.2. The summed E-state index contributed by atoms with van der Waals surface area (Å²) in [4.78, 5) is 16.5. The van der Waals surface area contributed by atoms with Crippen molar-refractivity contribution in [2.24, 2.45) is 11.8 Å². The van der Waals surface area contributed by atoms with Gasteiger partial charge in [0.2, 0.25) is 5.91 Å². The van der Waals surface area contributed by atoms with E-state index in [0.717, 1.165) is 39.0 Å². The second kappa shape index (κ2) is 6.54. The van der Waals surface area contributed by atoms with Crippen LogP contribution in [0.25, 0.3) is 0 Å². The van der Waals surface area contributed by atoms with Crippen LogP contribution in [0.3, 0.4) is 0 Å². The Morgan fingerprint density at radius 2 is 2.00 bits per heavy atom. The highest BCUT2D eigenvalue weighted by molar-refractivity contribution is 5.79. The van der Waals surface area contributed by atoms with Crippen LogP contribution < -0.4 is 5.32 Å². The Labute approximate surface area is 143 Å². The van der Waals surface area contributed by atoms with E-state index in [4.69, 9.17) is 5.26 Å². The number of rotatable bonds is 5. The van der Waals surface area contributed by atoms with Gasteiger partial charge in [0.15, 0.2) is 0 Å². The first kappa shape index (κ1) is 15.6. The molecule has 5 heteroatoms. The Morgan fingerprint density at radius 3 is 2.71 bits per heavy atom. The fraction of sp³-hybridized carbons (Fsp3) is 0.579. The minimum absolute atomic E-state index is 0.0881. The lowest BCUT2D eigenvalue weighted by molar-refractivity contribution is -0.130. The fourth-order valence-electron chi connectivity index (χ4n) is 4.39. The average molecular weight is 324 g/mol. The van der Waals surface area contributed by atoms with Gasteiger partial charge in [-0.05, 0) is 30.2 Å². The third-order valence-electron chi connectivity index (χ3n) is 5.73. The number of amides is 1. The minimum atomic E-state index is -0.209. The molecule has 24 heavy (non-hydrogen) atoms. The molecule has 2 unspecified atom stereocenters. The van der Waals surface area contributed by atoms with Gasteiger partial charge in [0.1, 0.15) is 6.04 Å². The van der Waals surface area contributed by atoms with E-state index in [0.29, 0.717) is 24.4 Å². The van der Waals surface area contributed by atoms with Crippen molar-refractivity contribution >= 4 is 5.91 Å². The maximum atomic E-state index is 12.3. The van der Waals surface area contributed by atoms with Gasteiger partial charge in [-0.15, -0.1) is 0 Å². The second-order valence-corrected chi connectivity index (χ2v) is 7.29. The Hall–Kier alpha value is -1.90. The molecule has 1 aliphatic carbocycles. The third-order valence-corrected chi connectivity index (χ3v) is 5.73. The van der Waals surface area contributed by atoms with Crippen molar-refractivity contribution in [3.63, 3.8) is 0 Å². The van der Waals surface area contributed by atoms with E-state index in [1.807, 2.05) is 0 Å². The molecule has 2 aliphatic heterocycles. The van der Waals surface area contributed by atoms with Gasteiger partial charge in [-0.3, -0.25) is 9.69 Å². The van der Waals surface area contributed by atoms with Crippen molar-refractivity contribution in [2.75, 3.05) is 26.2 Å². The number of nitriles is 1. The molecule has 1 aromatic carbocycles. The number of benzene rings is 1. The quantitative estimate of drug-likeness (QED) is 0.885. The lowest BCUT2D eigenvalue weighted by Crippen LogP contribution is -2.42. The molecule has 126 valence electrons. The standard InChI is InChI=1S/C19H24N4O/c20-9-15-7-4-8-23(15)18(24)10-21-19-16-12-22(13-17(16)19)11-14-5-2-1-3-6-14/h1-3,5-6,15-17,19,21H,4,7-8,10-13H2/t15-,16?,17?,19?/m0/s1.